The predicted octanol–water partition coefficient (Wildman–Crippen LogP) is 1.26. The molecule has 0 heterocycles. The third-order valence-electron chi connectivity index (χ3n) is 1.97. The summed E-state index contributed by atoms with van der Waals surface area (Å²) < 4.78 is 26.3. The van der Waals surface area contributed by atoms with E-state index < -0.39 is 10.3 Å². The fourth-order valence-corrected chi connectivity index (χ4v) is 1.67. The van der Waals surface area contributed by atoms with Gasteiger partial charge in [0, 0.05) is 0 Å². The molecule has 6 heteroatoms. The summed E-state index contributed by atoms with van der Waals surface area (Å²) in [7, 11) is -4.04. The minimum absolute atomic E-state index is 0.0325. The highest BCUT2D eigenvalue weighted by atomic mass is 32.2. The van der Waals surface area contributed by atoms with Crippen molar-refractivity contribution in [3.05, 3.63) is 29.3 Å². The normalized spacial score (nSPS) is 11.2. The number of rotatable bonds is 3. The highest BCUT2D eigenvalue weighted by Gasteiger charge is 2.13. The first-order chi connectivity index (χ1) is 7.33. The number of hydrogen-bond donors (Lipinski definition) is 1. The molecule has 0 radical (unpaired) electrons. The second-order valence-electron chi connectivity index (χ2n) is 3.60. The van der Waals surface area contributed by atoms with Crippen molar-refractivity contribution in [2.75, 3.05) is 0 Å². The molecule has 5 nitrogen and oxygen atoms in total. The standard InChI is InChI=1S/C10H12N2O3S/c1-7(2)9-5-8(6-11)3-4-10(9)15-16(12,13)14/h3-5,7H,1-2H3,(H2,12,13,14). The smallest absolute Gasteiger partial charge is 0.371 e. The van der Waals surface area contributed by atoms with Gasteiger partial charge in [-0.3, -0.25) is 0 Å². The van der Waals surface area contributed by atoms with Gasteiger partial charge in [-0.05, 0) is 29.7 Å². The van der Waals surface area contributed by atoms with Gasteiger partial charge in [0.05, 0.1) is 11.6 Å². The summed E-state index contributed by atoms with van der Waals surface area (Å²) in [5.41, 5.74) is 1.08. The van der Waals surface area contributed by atoms with Crippen LogP contribution in [0.25, 0.3) is 0 Å². The average Bonchev–Trinajstić information content (AvgIpc) is 2.15. The van der Waals surface area contributed by atoms with E-state index in [1.807, 2.05) is 19.9 Å². The Kier molecular flexibility index (Phi) is 3.52. The van der Waals surface area contributed by atoms with Crippen molar-refractivity contribution in [2.24, 2.45) is 5.14 Å². The molecule has 0 atom stereocenters. The lowest BCUT2D eigenvalue weighted by molar-refractivity contribution is 0.483. The van der Waals surface area contributed by atoms with Gasteiger partial charge in [0.1, 0.15) is 5.75 Å². The molecule has 0 aliphatic carbocycles. The Morgan fingerprint density at radius 2 is 2.06 bits per heavy atom. The highest BCUT2D eigenvalue weighted by molar-refractivity contribution is 7.84. The van der Waals surface area contributed by atoms with E-state index in [9.17, 15) is 8.42 Å². The molecule has 16 heavy (non-hydrogen) atoms. The molecule has 0 spiro atoms. The quantitative estimate of drug-likeness (QED) is 0.860. The molecule has 1 aromatic carbocycles. The maximum absolute atomic E-state index is 10.8. The van der Waals surface area contributed by atoms with E-state index in [4.69, 9.17) is 10.4 Å². The lowest BCUT2D eigenvalue weighted by Crippen LogP contribution is -2.19. The van der Waals surface area contributed by atoms with E-state index >= 15 is 0 Å². The second-order valence-corrected chi connectivity index (χ2v) is 4.75. The Labute approximate surface area is 94.7 Å². The van der Waals surface area contributed by atoms with Crippen molar-refractivity contribution in [3.63, 3.8) is 0 Å². The number of nitrogens with two attached hydrogens (primary N) is 1. The zero-order valence-corrected chi connectivity index (χ0v) is 9.78. The molecule has 0 amide bonds. The molecule has 2 N–H and O–H groups in total. The fraction of sp³-hybridized carbons (Fsp3) is 0.300. The van der Waals surface area contributed by atoms with E-state index in [1.165, 1.54) is 12.1 Å². The van der Waals surface area contributed by atoms with Crippen LogP contribution in [0.3, 0.4) is 0 Å². The van der Waals surface area contributed by atoms with Crippen LogP contribution in [0, 0.1) is 11.3 Å². The Morgan fingerprint density at radius 1 is 1.44 bits per heavy atom. The third kappa shape index (κ3) is 3.22. The van der Waals surface area contributed by atoms with Crippen LogP contribution in [0.1, 0.15) is 30.9 Å². The van der Waals surface area contributed by atoms with Gasteiger partial charge in [0.2, 0.25) is 0 Å². The van der Waals surface area contributed by atoms with Crippen molar-refractivity contribution in [1.29, 1.82) is 5.26 Å². The summed E-state index contributed by atoms with van der Waals surface area (Å²) in [5.74, 6) is 0.196. The molecule has 0 saturated heterocycles. The van der Waals surface area contributed by atoms with Crippen molar-refractivity contribution < 1.29 is 12.6 Å². The van der Waals surface area contributed by atoms with Crippen LogP contribution in [0.15, 0.2) is 18.2 Å². The SMILES string of the molecule is CC(C)c1cc(C#N)ccc1OS(N)(=O)=O. The summed E-state index contributed by atoms with van der Waals surface area (Å²) in [5, 5.41) is 13.5. The molecular weight excluding hydrogens is 228 g/mol. The topological polar surface area (TPSA) is 93.2 Å². The number of nitrogens with zero attached hydrogens (tertiary/aromatic N) is 1. The van der Waals surface area contributed by atoms with Gasteiger partial charge in [-0.25, -0.2) is 0 Å². The maximum atomic E-state index is 10.8. The first-order valence-corrected chi connectivity index (χ1v) is 6.07. The summed E-state index contributed by atoms with van der Waals surface area (Å²) in [6, 6.07) is 6.47. The predicted molar refractivity (Wildman–Crippen MR) is 59.0 cm³/mol. The van der Waals surface area contributed by atoms with Crippen LogP contribution in [-0.2, 0) is 10.3 Å². The van der Waals surface area contributed by atoms with Gasteiger partial charge in [-0.1, -0.05) is 13.8 Å². The molecule has 0 unspecified atom stereocenters. The van der Waals surface area contributed by atoms with Crippen LogP contribution < -0.4 is 9.32 Å². The van der Waals surface area contributed by atoms with Crippen molar-refractivity contribution in [2.45, 2.75) is 19.8 Å². The molecule has 0 bridgehead atoms. The Hall–Kier alpha value is -1.58. The molecule has 0 fully saturated rings. The molecule has 0 aliphatic rings. The van der Waals surface area contributed by atoms with Crippen molar-refractivity contribution >= 4 is 10.3 Å². The van der Waals surface area contributed by atoms with Gasteiger partial charge in [0.15, 0.2) is 0 Å². The van der Waals surface area contributed by atoms with Gasteiger partial charge >= 0.3 is 10.3 Å². The summed E-state index contributed by atoms with van der Waals surface area (Å²) >= 11 is 0. The van der Waals surface area contributed by atoms with Gasteiger partial charge in [-0.15, -0.1) is 0 Å². The molecule has 1 aromatic rings. The van der Waals surface area contributed by atoms with E-state index in [0.29, 0.717) is 11.1 Å². The largest absolute Gasteiger partial charge is 0.380 e. The first kappa shape index (κ1) is 12.5. The Balaban J connectivity index is 3.25. The third-order valence-corrected chi connectivity index (χ3v) is 2.38. The monoisotopic (exact) mass is 240 g/mol. The van der Waals surface area contributed by atoms with Gasteiger partial charge < -0.3 is 4.18 Å². The first-order valence-electron chi connectivity index (χ1n) is 4.59. The molecule has 1 rings (SSSR count). The number of hydrogen-bond acceptors (Lipinski definition) is 4. The highest BCUT2D eigenvalue weighted by Crippen LogP contribution is 2.27. The Bertz CT molecular complexity index is 529. The fourth-order valence-electron chi connectivity index (χ4n) is 1.27. The summed E-state index contributed by atoms with van der Waals surface area (Å²) in [6.07, 6.45) is 0. The van der Waals surface area contributed by atoms with E-state index in [2.05, 4.69) is 4.18 Å². The lowest BCUT2D eigenvalue weighted by atomic mass is 10.0. The molecule has 0 saturated carbocycles. The number of nitriles is 1. The van der Waals surface area contributed by atoms with Crippen LogP contribution in [0.4, 0.5) is 0 Å². The van der Waals surface area contributed by atoms with Crippen molar-refractivity contribution in [1.82, 2.24) is 0 Å². The van der Waals surface area contributed by atoms with Gasteiger partial charge in [0.25, 0.3) is 0 Å². The van der Waals surface area contributed by atoms with E-state index in [1.54, 1.807) is 6.07 Å². The molecular formula is C10H12N2O3S. The second kappa shape index (κ2) is 4.51. The van der Waals surface area contributed by atoms with Crippen LogP contribution in [0.5, 0.6) is 5.75 Å². The maximum Gasteiger partial charge on any atom is 0.380 e. The minimum atomic E-state index is -4.04. The van der Waals surface area contributed by atoms with E-state index in [-0.39, 0.29) is 11.7 Å². The molecule has 0 aromatic heterocycles. The van der Waals surface area contributed by atoms with Crippen LogP contribution in [-0.4, -0.2) is 8.42 Å². The average molecular weight is 240 g/mol. The zero-order chi connectivity index (χ0) is 12.3. The van der Waals surface area contributed by atoms with Gasteiger partial charge in [-0.2, -0.15) is 18.8 Å². The lowest BCUT2D eigenvalue weighted by Gasteiger charge is -2.12. The molecule has 0 aliphatic heterocycles. The minimum Gasteiger partial charge on any atom is -0.371 e. The van der Waals surface area contributed by atoms with Crippen LogP contribution in [0.2, 0.25) is 0 Å². The summed E-state index contributed by atoms with van der Waals surface area (Å²) in [4.78, 5) is 0. The van der Waals surface area contributed by atoms with E-state index in [0.717, 1.165) is 0 Å². The van der Waals surface area contributed by atoms with Crippen molar-refractivity contribution in [3.8, 4) is 11.8 Å². The Morgan fingerprint density at radius 3 is 2.50 bits per heavy atom. The molecule has 86 valence electrons. The summed E-state index contributed by atoms with van der Waals surface area (Å²) in [6.45, 7) is 3.74. The number of benzene rings is 1. The zero-order valence-electron chi connectivity index (χ0n) is 8.97. The van der Waals surface area contributed by atoms with Crippen LogP contribution >= 0.6 is 0 Å².